The van der Waals surface area contributed by atoms with Crippen molar-refractivity contribution in [2.45, 2.75) is 33.1 Å². The van der Waals surface area contributed by atoms with Crippen LogP contribution in [0.5, 0.6) is 0 Å². The number of aryl methyl sites for hydroxylation is 1. The van der Waals surface area contributed by atoms with Gasteiger partial charge < -0.3 is 15.5 Å². The fourth-order valence-corrected chi connectivity index (χ4v) is 2.16. The zero-order valence-corrected chi connectivity index (χ0v) is 15.0. The molecule has 0 fully saturated rings. The number of hydrogen-bond acceptors (Lipinski definition) is 2. The van der Waals surface area contributed by atoms with E-state index in [9.17, 15) is 4.79 Å². The highest BCUT2D eigenvalue weighted by Crippen LogP contribution is 2.16. The van der Waals surface area contributed by atoms with Crippen LogP contribution in [0.3, 0.4) is 0 Å². The monoisotopic (exact) mass is 318 g/mol. The Kier molecular flexibility index (Phi) is 8.16. The van der Waals surface area contributed by atoms with Gasteiger partial charge in [0, 0.05) is 46.1 Å². The normalized spacial score (nSPS) is 12.7. The van der Waals surface area contributed by atoms with Crippen molar-refractivity contribution < 1.29 is 4.79 Å². The summed E-state index contributed by atoms with van der Waals surface area (Å²) < 4.78 is 0. The number of carbonyl (C=O) groups excluding carboxylic acids is 1. The molecule has 1 unspecified atom stereocenters. The topological polar surface area (TPSA) is 56.7 Å². The Morgan fingerprint density at radius 3 is 2.65 bits per heavy atom. The van der Waals surface area contributed by atoms with Crippen LogP contribution < -0.4 is 10.6 Å². The fourth-order valence-electron chi connectivity index (χ4n) is 2.16. The lowest BCUT2D eigenvalue weighted by atomic mass is 10.00. The predicted octanol–water partition coefficient (Wildman–Crippen LogP) is 2.13. The molecule has 0 heterocycles. The highest BCUT2D eigenvalue weighted by molar-refractivity contribution is 5.81. The van der Waals surface area contributed by atoms with Gasteiger partial charge >= 0.3 is 0 Å². The number of nitrogens with zero attached hydrogens (tertiary/aromatic N) is 2. The third-order valence-electron chi connectivity index (χ3n) is 3.61. The minimum atomic E-state index is 0.112. The van der Waals surface area contributed by atoms with Gasteiger partial charge in [0.1, 0.15) is 0 Å². The summed E-state index contributed by atoms with van der Waals surface area (Å²) in [6.07, 6.45) is 0.463. The lowest BCUT2D eigenvalue weighted by Crippen LogP contribution is -2.39. The Bertz CT molecular complexity index is 526. The van der Waals surface area contributed by atoms with Crippen molar-refractivity contribution in [2.75, 3.05) is 33.7 Å². The fraction of sp³-hybridized carbons (Fsp3) is 0.556. The first kappa shape index (κ1) is 19.0. The third-order valence-corrected chi connectivity index (χ3v) is 3.61. The Morgan fingerprint density at radius 1 is 1.30 bits per heavy atom. The van der Waals surface area contributed by atoms with Crippen LogP contribution in [0, 0.1) is 6.92 Å². The quantitative estimate of drug-likeness (QED) is 0.598. The second kappa shape index (κ2) is 9.87. The number of guanidine groups is 1. The van der Waals surface area contributed by atoms with E-state index in [2.05, 4.69) is 53.7 Å². The van der Waals surface area contributed by atoms with E-state index >= 15 is 0 Å². The van der Waals surface area contributed by atoms with E-state index in [0.29, 0.717) is 25.4 Å². The van der Waals surface area contributed by atoms with E-state index in [1.807, 2.05) is 6.92 Å². The van der Waals surface area contributed by atoms with Crippen molar-refractivity contribution in [1.82, 2.24) is 15.5 Å². The van der Waals surface area contributed by atoms with Crippen LogP contribution in [0.2, 0.25) is 0 Å². The minimum absolute atomic E-state index is 0.112. The second-order valence-electron chi connectivity index (χ2n) is 6.00. The van der Waals surface area contributed by atoms with Crippen molar-refractivity contribution >= 4 is 11.9 Å². The van der Waals surface area contributed by atoms with Crippen LogP contribution in [0.4, 0.5) is 0 Å². The average molecular weight is 318 g/mol. The molecule has 0 spiro atoms. The van der Waals surface area contributed by atoms with Crippen LogP contribution in [-0.2, 0) is 4.79 Å². The molecule has 128 valence electrons. The maximum atomic E-state index is 11.6. The first-order chi connectivity index (χ1) is 10.9. The number of benzene rings is 1. The van der Waals surface area contributed by atoms with E-state index in [-0.39, 0.29) is 5.91 Å². The molecule has 2 N–H and O–H groups in total. The summed E-state index contributed by atoms with van der Waals surface area (Å²) in [5.74, 6) is 1.23. The average Bonchev–Trinajstić information content (AvgIpc) is 2.52. The number of hydrogen-bond donors (Lipinski definition) is 2. The summed E-state index contributed by atoms with van der Waals surface area (Å²) in [6, 6.07) is 8.54. The van der Waals surface area contributed by atoms with Gasteiger partial charge in [-0.2, -0.15) is 0 Å². The van der Waals surface area contributed by atoms with Gasteiger partial charge in [0.05, 0.1) is 0 Å². The zero-order chi connectivity index (χ0) is 17.2. The first-order valence-electron chi connectivity index (χ1n) is 8.23. The highest BCUT2D eigenvalue weighted by Gasteiger charge is 2.07. The Hall–Kier alpha value is -2.04. The summed E-state index contributed by atoms with van der Waals surface area (Å²) >= 11 is 0. The number of carbonyl (C=O) groups is 1. The van der Waals surface area contributed by atoms with Gasteiger partial charge in [0.2, 0.25) is 5.91 Å². The number of amides is 1. The maximum Gasteiger partial charge on any atom is 0.223 e. The lowest BCUT2D eigenvalue weighted by molar-refractivity contribution is -0.128. The smallest absolute Gasteiger partial charge is 0.223 e. The summed E-state index contributed by atoms with van der Waals surface area (Å²) in [4.78, 5) is 17.8. The van der Waals surface area contributed by atoms with Crippen LogP contribution in [-0.4, -0.2) is 50.5 Å². The number of aliphatic imine (C=N–C) groups is 1. The maximum absolute atomic E-state index is 11.6. The van der Waals surface area contributed by atoms with Crippen molar-refractivity contribution in [3.63, 3.8) is 0 Å². The summed E-state index contributed by atoms with van der Waals surface area (Å²) in [5.41, 5.74) is 2.57. The molecule has 1 aromatic rings. The van der Waals surface area contributed by atoms with Crippen LogP contribution in [0.25, 0.3) is 0 Å². The molecule has 0 saturated heterocycles. The van der Waals surface area contributed by atoms with Crippen LogP contribution in [0.1, 0.15) is 37.3 Å². The molecule has 0 aliphatic carbocycles. The van der Waals surface area contributed by atoms with E-state index in [0.717, 1.165) is 12.5 Å². The zero-order valence-electron chi connectivity index (χ0n) is 15.0. The van der Waals surface area contributed by atoms with Gasteiger partial charge in [-0.25, -0.2) is 0 Å². The summed E-state index contributed by atoms with van der Waals surface area (Å²) in [5, 5.41) is 6.43. The van der Waals surface area contributed by atoms with Gasteiger partial charge in [-0.1, -0.05) is 36.8 Å². The second-order valence-corrected chi connectivity index (χ2v) is 6.00. The molecule has 1 amide bonds. The van der Waals surface area contributed by atoms with Crippen molar-refractivity contribution in [2.24, 2.45) is 4.99 Å². The Morgan fingerprint density at radius 2 is 2.04 bits per heavy atom. The predicted molar refractivity (Wildman–Crippen MR) is 96.9 cm³/mol. The summed E-state index contributed by atoms with van der Waals surface area (Å²) in [7, 11) is 3.54. The van der Waals surface area contributed by atoms with Crippen molar-refractivity contribution in [3.05, 3.63) is 35.4 Å². The molecular formula is C18H30N4O. The molecule has 0 aromatic heterocycles. The molecule has 5 nitrogen and oxygen atoms in total. The molecule has 0 radical (unpaired) electrons. The van der Waals surface area contributed by atoms with E-state index in [1.54, 1.807) is 19.0 Å². The number of nitrogens with one attached hydrogen (secondary N) is 2. The molecule has 23 heavy (non-hydrogen) atoms. The Labute approximate surface area is 140 Å². The largest absolute Gasteiger partial charge is 0.357 e. The molecule has 1 rings (SSSR count). The molecule has 5 heteroatoms. The van der Waals surface area contributed by atoms with Gasteiger partial charge in [-0.3, -0.25) is 9.79 Å². The van der Waals surface area contributed by atoms with Crippen molar-refractivity contribution in [1.29, 1.82) is 0 Å². The molecule has 0 aliphatic rings. The SMILES string of the molecule is CCNC(=NCC(C)c1cccc(C)c1)NCCC(=O)N(C)C. The van der Waals surface area contributed by atoms with Gasteiger partial charge in [-0.15, -0.1) is 0 Å². The molecule has 0 bridgehead atoms. The molecule has 0 saturated carbocycles. The Balaban J connectivity index is 2.55. The molecule has 1 atom stereocenters. The van der Waals surface area contributed by atoms with Gasteiger partial charge in [0.25, 0.3) is 0 Å². The highest BCUT2D eigenvalue weighted by atomic mass is 16.2. The van der Waals surface area contributed by atoms with Crippen LogP contribution in [0.15, 0.2) is 29.3 Å². The lowest BCUT2D eigenvalue weighted by Gasteiger charge is -2.15. The standard InChI is InChI=1S/C18H30N4O/c1-6-19-18(20-11-10-17(23)22(4)5)21-13-15(3)16-9-7-8-14(2)12-16/h7-9,12,15H,6,10-11,13H2,1-5H3,(H2,19,20,21). The number of rotatable bonds is 7. The first-order valence-corrected chi connectivity index (χ1v) is 8.23. The summed E-state index contributed by atoms with van der Waals surface area (Å²) in [6.45, 7) is 8.41. The molecular weight excluding hydrogens is 288 g/mol. The molecule has 0 aliphatic heterocycles. The third kappa shape index (κ3) is 7.17. The van der Waals surface area contributed by atoms with E-state index in [4.69, 9.17) is 0 Å². The van der Waals surface area contributed by atoms with E-state index < -0.39 is 0 Å². The van der Waals surface area contributed by atoms with Gasteiger partial charge in [-0.05, 0) is 19.4 Å². The van der Waals surface area contributed by atoms with Crippen molar-refractivity contribution in [3.8, 4) is 0 Å². The minimum Gasteiger partial charge on any atom is -0.357 e. The van der Waals surface area contributed by atoms with Crippen LogP contribution >= 0.6 is 0 Å². The van der Waals surface area contributed by atoms with E-state index in [1.165, 1.54) is 11.1 Å². The van der Waals surface area contributed by atoms with Gasteiger partial charge in [0.15, 0.2) is 5.96 Å². The molecule has 1 aromatic carbocycles.